The Morgan fingerprint density at radius 2 is 2.10 bits per heavy atom. The van der Waals surface area contributed by atoms with Crippen LogP contribution in [0.4, 0.5) is 10.5 Å². The summed E-state index contributed by atoms with van der Waals surface area (Å²) in [5.74, 6) is -0.372. The number of aryl methyl sites for hydroxylation is 1. The Labute approximate surface area is 124 Å². The number of rotatable bonds is 7. The first-order chi connectivity index (χ1) is 9.96. The first kappa shape index (κ1) is 16.8. The molecule has 2 amide bonds. The van der Waals surface area contributed by atoms with Crippen molar-refractivity contribution in [2.75, 3.05) is 12.4 Å². The van der Waals surface area contributed by atoms with Crippen LogP contribution in [0.25, 0.3) is 0 Å². The van der Waals surface area contributed by atoms with E-state index in [0.29, 0.717) is 17.9 Å². The molecule has 6 nitrogen and oxygen atoms in total. The topological polar surface area (TPSA) is 87.7 Å². The number of benzene rings is 1. The maximum atomic E-state index is 12.0. The molecule has 0 aliphatic carbocycles. The zero-order valence-electron chi connectivity index (χ0n) is 12.6. The minimum absolute atomic E-state index is 0.0911. The van der Waals surface area contributed by atoms with Crippen molar-refractivity contribution < 1.29 is 19.4 Å². The molecule has 0 bridgehead atoms. The lowest BCUT2D eigenvalue weighted by Gasteiger charge is -2.17. The molecule has 0 spiro atoms. The van der Waals surface area contributed by atoms with E-state index >= 15 is 0 Å². The lowest BCUT2D eigenvalue weighted by molar-refractivity contribution is -0.137. The summed E-state index contributed by atoms with van der Waals surface area (Å²) < 4.78 is 5.18. The molecule has 1 atom stereocenters. The summed E-state index contributed by atoms with van der Waals surface area (Å²) in [6, 6.07) is 4.63. The van der Waals surface area contributed by atoms with Gasteiger partial charge in [-0.3, -0.25) is 4.79 Å². The molecule has 3 N–H and O–H groups in total. The van der Waals surface area contributed by atoms with Gasteiger partial charge in [-0.1, -0.05) is 19.4 Å². The predicted molar refractivity (Wildman–Crippen MR) is 80.8 cm³/mol. The molecule has 6 heteroatoms. The van der Waals surface area contributed by atoms with Gasteiger partial charge in [0, 0.05) is 6.04 Å². The van der Waals surface area contributed by atoms with E-state index in [-0.39, 0.29) is 12.5 Å². The van der Waals surface area contributed by atoms with E-state index in [0.717, 1.165) is 12.0 Å². The molecule has 21 heavy (non-hydrogen) atoms. The highest BCUT2D eigenvalue weighted by Crippen LogP contribution is 2.25. The average molecular weight is 294 g/mol. The van der Waals surface area contributed by atoms with E-state index in [1.54, 1.807) is 12.1 Å². The number of anilines is 1. The van der Waals surface area contributed by atoms with E-state index in [4.69, 9.17) is 9.84 Å². The number of hydrogen-bond acceptors (Lipinski definition) is 3. The normalized spacial score (nSPS) is 11.6. The molecule has 1 aromatic rings. The Morgan fingerprint density at radius 1 is 1.38 bits per heavy atom. The van der Waals surface area contributed by atoms with Gasteiger partial charge in [0.2, 0.25) is 0 Å². The van der Waals surface area contributed by atoms with E-state index < -0.39 is 12.0 Å². The minimum atomic E-state index is -0.929. The highest BCUT2D eigenvalue weighted by atomic mass is 16.5. The van der Waals surface area contributed by atoms with Crippen LogP contribution in [0.1, 0.15) is 31.7 Å². The maximum Gasteiger partial charge on any atom is 0.319 e. The summed E-state index contributed by atoms with van der Waals surface area (Å²) in [5.41, 5.74) is 1.54. The average Bonchev–Trinajstić information content (AvgIpc) is 2.38. The fraction of sp³-hybridized carbons (Fsp3) is 0.467. The third-order valence-corrected chi connectivity index (χ3v) is 3.00. The molecular weight excluding hydrogens is 272 g/mol. The molecule has 0 aliphatic rings. The van der Waals surface area contributed by atoms with E-state index in [1.165, 1.54) is 7.11 Å². The van der Waals surface area contributed by atoms with Gasteiger partial charge >= 0.3 is 12.0 Å². The van der Waals surface area contributed by atoms with Crippen molar-refractivity contribution in [2.24, 2.45) is 0 Å². The van der Waals surface area contributed by atoms with Gasteiger partial charge in [-0.25, -0.2) is 4.79 Å². The molecule has 116 valence electrons. The molecule has 0 aromatic heterocycles. The standard InChI is InChI=1S/C15H22N2O4/c1-4-5-11(9-14(18)19)16-15(20)17-12-8-10(2)6-7-13(12)21-3/h6-8,11H,4-5,9H2,1-3H3,(H,18,19)(H2,16,17,20). The largest absolute Gasteiger partial charge is 0.495 e. The quantitative estimate of drug-likeness (QED) is 0.721. The van der Waals surface area contributed by atoms with Crippen LogP contribution in [0, 0.1) is 6.92 Å². The highest BCUT2D eigenvalue weighted by molar-refractivity contribution is 5.91. The van der Waals surface area contributed by atoms with Gasteiger partial charge in [0.05, 0.1) is 19.2 Å². The highest BCUT2D eigenvalue weighted by Gasteiger charge is 2.16. The Hall–Kier alpha value is -2.24. The van der Waals surface area contributed by atoms with Crippen LogP contribution in [-0.4, -0.2) is 30.3 Å². The van der Waals surface area contributed by atoms with E-state index in [9.17, 15) is 9.59 Å². The number of urea groups is 1. The fourth-order valence-electron chi connectivity index (χ4n) is 2.05. The number of carboxylic acid groups (broad SMARTS) is 1. The van der Waals surface area contributed by atoms with Gasteiger partial charge in [0.1, 0.15) is 5.75 Å². The zero-order valence-corrected chi connectivity index (χ0v) is 12.6. The number of aliphatic carboxylic acids is 1. The van der Waals surface area contributed by atoms with Gasteiger partial charge < -0.3 is 20.5 Å². The molecule has 0 fully saturated rings. The van der Waals surface area contributed by atoms with Crippen LogP contribution in [0.5, 0.6) is 5.75 Å². The minimum Gasteiger partial charge on any atom is -0.495 e. The van der Waals surface area contributed by atoms with Gasteiger partial charge in [-0.2, -0.15) is 0 Å². The number of amides is 2. The van der Waals surface area contributed by atoms with Gasteiger partial charge in [-0.05, 0) is 31.0 Å². The van der Waals surface area contributed by atoms with Crippen LogP contribution < -0.4 is 15.4 Å². The fourth-order valence-corrected chi connectivity index (χ4v) is 2.05. The number of nitrogens with one attached hydrogen (secondary N) is 2. The van der Waals surface area contributed by atoms with Crippen LogP contribution >= 0.6 is 0 Å². The number of carbonyl (C=O) groups excluding carboxylic acids is 1. The molecule has 0 radical (unpaired) electrons. The smallest absolute Gasteiger partial charge is 0.319 e. The zero-order chi connectivity index (χ0) is 15.8. The lowest BCUT2D eigenvalue weighted by Crippen LogP contribution is -2.39. The molecule has 0 heterocycles. The summed E-state index contributed by atoms with van der Waals surface area (Å²) in [4.78, 5) is 22.8. The number of methoxy groups -OCH3 is 1. The van der Waals surface area contributed by atoms with Crippen LogP contribution in [0.15, 0.2) is 18.2 Å². The van der Waals surface area contributed by atoms with Crippen molar-refractivity contribution >= 4 is 17.7 Å². The Balaban J connectivity index is 2.71. The summed E-state index contributed by atoms with van der Waals surface area (Å²) in [6.45, 7) is 3.85. The van der Waals surface area contributed by atoms with Gasteiger partial charge in [0.15, 0.2) is 0 Å². The van der Waals surface area contributed by atoms with Gasteiger partial charge in [-0.15, -0.1) is 0 Å². The van der Waals surface area contributed by atoms with Crippen molar-refractivity contribution in [3.63, 3.8) is 0 Å². The molecule has 1 aromatic carbocycles. The van der Waals surface area contributed by atoms with Crippen LogP contribution in [0.2, 0.25) is 0 Å². The second-order valence-electron chi connectivity index (χ2n) is 4.89. The molecule has 1 unspecified atom stereocenters. The van der Waals surface area contributed by atoms with Gasteiger partial charge in [0.25, 0.3) is 0 Å². The summed E-state index contributed by atoms with van der Waals surface area (Å²) in [5, 5.41) is 14.2. The van der Waals surface area contributed by atoms with Crippen molar-refractivity contribution in [1.29, 1.82) is 0 Å². The molecule has 0 saturated heterocycles. The Morgan fingerprint density at radius 3 is 2.67 bits per heavy atom. The van der Waals surface area contributed by atoms with Crippen molar-refractivity contribution in [2.45, 2.75) is 39.2 Å². The Bertz CT molecular complexity index is 502. The first-order valence-corrected chi connectivity index (χ1v) is 6.90. The number of carboxylic acids is 1. The van der Waals surface area contributed by atoms with Crippen molar-refractivity contribution in [3.05, 3.63) is 23.8 Å². The third-order valence-electron chi connectivity index (χ3n) is 3.00. The predicted octanol–water partition coefficient (Wildman–Crippen LogP) is 2.77. The molecule has 1 rings (SSSR count). The summed E-state index contributed by atoms with van der Waals surface area (Å²) >= 11 is 0. The molecule has 0 aliphatic heterocycles. The monoisotopic (exact) mass is 294 g/mol. The van der Waals surface area contributed by atoms with Crippen molar-refractivity contribution in [3.8, 4) is 5.75 Å². The maximum absolute atomic E-state index is 12.0. The Kier molecular flexibility index (Phi) is 6.52. The second-order valence-corrected chi connectivity index (χ2v) is 4.89. The molecule has 0 saturated carbocycles. The summed E-state index contributed by atoms with van der Waals surface area (Å²) in [6.07, 6.45) is 1.32. The van der Waals surface area contributed by atoms with Crippen molar-refractivity contribution in [1.82, 2.24) is 5.32 Å². The van der Waals surface area contributed by atoms with Crippen LogP contribution in [0.3, 0.4) is 0 Å². The number of ether oxygens (including phenoxy) is 1. The van der Waals surface area contributed by atoms with E-state index in [1.807, 2.05) is 19.9 Å². The number of hydrogen-bond donors (Lipinski definition) is 3. The first-order valence-electron chi connectivity index (χ1n) is 6.90. The van der Waals surface area contributed by atoms with E-state index in [2.05, 4.69) is 10.6 Å². The number of carbonyl (C=O) groups is 2. The SMILES string of the molecule is CCCC(CC(=O)O)NC(=O)Nc1cc(C)ccc1OC. The third kappa shape index (κ3) is 5.72. The van der Waals surface area contributed by atoms with Crippen LogP contribution in [-0.2, 0) is 4.79 Å². The summed E-state index contributed by atoms with van der Waals surface area (Å²) in [7, 11) is 1.53. The molecular formula is C15H22N2O4. The lowest BCUT2D eigenvalue weighted by atomic mass is 10.1. The second kappa shape index (κ2) is 8.14.